The van der Waals surface area contributed by atoms with Gasteiger partial charge in [0.2, 0.25) is 5.82 Å². The molecule has 9 heteroatoms. The van der Waals surface area contributed by atoms with Crippen LogP contribution in [0.25, 0.3) is 11.4 Å². The number of aryl methyl sites for hydroxylation is 1. The smallest absolute Gasteiger partial charge is 1.00 e. The van der Waals surface area contributed by atoms with Crippen molar-refractivity contribution in [2.45, 2.75) is 38.8 Å². The van der Waals surface area contributed by atoms with Crippen LogP contribution in [-0.2, 0) is 13.0 Å². The number of H-pyrrole nitrogens is 1. The van der Waals surface area contributed by atoms with Gasteiger partial charge in [0.25, 0.3) is 0 Å². The molecule has 0 radical (unpaired) electrons. The summed E-state index contributed by atoms with van der Waals surface area (Å²) in [6.45, 7) is 1.94. The van der Waals surface area contributed by atoms with Crippen molar-refractivity contribution < 1.29 is 57.9 Å². The molecule has 0 spiro atoms. The van der Waals surface area contributed by atoms with Gasteiger partial charge in [-0.15, -0.1) is 10.2 Å². The maximum absolute atomic E-state index is 10.1. The van der Waals surface area contributed by atoms with Crippen LogP contribution in [0.3, 0.4) is 0 Å². The Hall–Kier alpha value is -1.39. The Balaban J connectivity index is 0.00000181. The van der Waals surface area contributed by atoms with E-state index < -0.39 is 0 Å². The number of rotatable bonds is 8. The minimum absolute atomic E-state index is 0. The number of aliphatic hydroxyl groups excluding tert-OH is 1. The molecule has 7 nitrogen and oxygen atoms in total. The second kappa shape index (κ2) is 11.5. The van der Waals surface area contributed by atoms with E-state index in [0.29, 0.717) is 16.7 Å². The molecule has 4 rings (SSSR count). The summed E-state index contributed by atoms with van der Waals surface area (Å²) < 4.78 is 2.06. The monoisotopic (exact) mass is 462 g/mol. The molecule has 0 aliphatic heterocycles. The predicted octanol–water partition coefficient (Wildman–Crippen LogP) is 1.31. The Labute approximate surface area is 230 Å². The minimum Gasteiger partial charge on any atom is -1.00 e. The van der Waals surface area contributed by atoms with Crippen molar-refractivity contribution in [1.82, 2.24) is 30.2 Å². The number of unbranched alkanes of at least 4 members (excludes halogenated alkanes) is 1. The number of tetrazole rings is 1. The second-order valence-corrected chi connectivity index (χ2v) is 7.39. The van der Waals surface area contributed by atoms with E-state index in [1.165, 1.54) is 0 Å². The van der Waals surface area contributed by atoms with Crippen molar-refractivity contribution >= 4 is 11.6 Å². The summed E-state index contributed by atoms with van der Waals surface area (Å²) >= 11 is 6.46. The molecule has 4 aromatic rings. The van der Waals surface area contributed by atoms with Crippen molar-refractivity contribution in [1.29, 1.82) is 0 Å². The zero-order valence-electron chi connectivity index (χ0n) is 18.7. The number of benzene rings is 2. The van der Waals surface area contributed by atoms with E-state index in [1.807, 2.05) is 42.5 Å². The Kier molecular flexibility index (Phi) is 8.97. The normalized spacial score (nSPS) is 11.8. The minimum atomic E-state index is -0.255. The van der Waals surface area contributed by atoms with Gasteiger partial charge < -0.3 is 11.1 Å². The predicted molar refractivity (Wildman–Crippen MR) is 116 cm³/mol. The van der Waals surface area contributed by atoms with E-state index >= 15 is 0 Å². The summed E-state index contributed by atoms with van der Waals surface area (Å²) in [5.41, 5.74) is 3.48. The van der Waals surface area contributed by atoms with Crippen LogP contribution in [0, 0.1) is 0 Å². The third-order valence-electron chi connectivity index (χ3n) is 5.15. The zero-order valence-corrected chi connectivity index (χ0v) is 21.5. The van der Waals surface area contributed by atoms with Crippen LogP contribution in [0.4, 0.5) is 0 Å². The van der Waals surface area contributed by atoms with Gasteiger partial charge in [0, 0.05) is 12.0 Å². The molecular weight excluding hydrogens is 439 g/mol. The molecule has 2 heterocycles. The fourth-order valence-electron chi connectivity index (χ4n) is 3.76. The van der Waals surface area contributed by atoms with Gasteiger partial charge in [0.05, 0.1) is 18.3 Å². The first kappa shape index (κ1) is 24.3. The molecule has 0 fully saturated rings. The topological polar surface area (TPSA) is 92.5 Å². The second-order valence-electron chi connectivity index (χ2n) is 7.03. The van der Waals surface area contributed by atoms with E-state index in [0.717, 1.165) is 41.8 Å². The van der Waals surface area contributed by atoms with E-state index in [9.17, 15) is 5.11 Å². The summed E-state index contributed by atoms with van der Waals surface area (Å²) in [6.07, 6.45) is 2.78. The SMILES string of the molecule is CCCCc1nc(Cl)c(CO)n1C(c1ccccc1)c1ccccc1-c1nn[nH]n1.[H-].[K+]. The van der Waals surface area contributed by atoms with Crippen molar-refractivity contribution in [3.8, 4) is 11.4 Å². The number of aliphatic hydroxyl groups is 1. The van der Waals surface area contributed by atoms with E-state index in [-0.39, 0.29) is 65.5 Å². The summed E-state index contributed by atoms with van der Waals surface area (Å²) in [5, 5.41) is 25.1. The zero-order chi connectivity index (χ0) is 20.9. The van der Waals surface area contributed by atoms with E-state index in [4.69, 9.17) is 11.6 Å². The number of nitrogens with one attached hydrogen (secondary N) is 1. The fourth-order valence-corrected chi connectivity index (χ4v) is 4.01. The summed E-state index contributed by atoms with van der Waals surface area (Å²) in [7, 11) is 0. The number of hydrogen-bond acceptors (Lipinski definition) is 5. The molecule has 0 saturated carbocycles. The number of imidazole rings is 1. The summed E-state index contributed by atoms with van der Waals surface area (Å²) in [5.74, 6) is 1.36. The van der Waals surface area contributed by atoms with Gasteiger partial charge in [0.1, 0.15) is 5.82 Å². The van der Waals surface area contributed by atoms with Gasteiger partial charge in [-0.2, -0.15) is 5.21 Å². The Morgan fingerprint density at radius 3 is 2.55 bits per heavy atom. The largest absolute Gasteiger partial charge is 1.00 e. The van der Waals surface area contributed by atoms with Gasteiger partial charge in [-0.25, -0.2) is 4.98 Å². The summed E-state index contributed by atoms with van der Waals surface area (Å²) in [6, 6.07) is 17.8. The fraction of sp³-hybridized carbons (Fsp3) is 0.273. The molecule has 156 valence electrons. The van der Waals surface area contributed by atoms with E-state index in [1.54, 1.807) is 0 Å². The van der Waals surface area contributed by atoms with Crippen LogP contribution in [0.2, 0.25) is 5.15 Å². The van der Waals surface area contributed by atoms with Crippen LogP contribution in [0.5, 0.6) is 0 Å². The third-order valence-corrected chi connectivity index (χ3v) is 5.46. The first-order valence-corrected chi connectivity index (χ1v) is 10.4. The van der Waals surface area contributed by atoms with Gasteiger partial charge >= 0.3 is 51.4 Å². The van der Waals surface area contributed by atoms with Crippen molar-refractivity contribution in [2.24, 2.45) is 0 Å². The molecule has 2 aromatic carbocycles. The molecule has 1 unspecified atom stereocenters. The number of nitrogens with zero attached hydrogens (tertiary/aromatic N) is 5. The number of aromatic amines is 1. The van der Waals surface area contributed by atoms with Crippen molar-refractivity contribution in [3.05, 3.63) is 82.4 Å². The molecule has 0 aliphatic rings. The number of hydrogen-bond donors (Lipinski definition) is 2. The Morgan fingerprint density at radius 1 is 1.13 bits per heavy atom. The molecule has 0 amide bonds. The maximum atomic E-state index is 10.1. The van der Waals surface area contributed by atoms with E-state index in [2.05, 4.69) is 49.2 Å². The first-order chi connectivity index (χ1) is 14.7. The van der Waals surface area contributed by atoms with Gasteiger partial charge in [0.15, 0.2) is 5.15 Å². The Bertz CT molecular complexity index is 1110. The molecule has 2 N–H and O–H groups in total. The van der Waals surface area contributed by atoms with Crippen LogP contribution < -0.4 is 51.4 Å². The number of halogens is 1. The van der Waals surface area contributed by atoms with Gasteiger partial charge in [-0.1, -0.05) is 79.5 Å². The standard InChI is InChI=1S/C22H23ClN6O.K.H/c1-2-3-13-19-24-21(23)18(14-30)29(19)20(15-9-5-4-6-10-15)16-11-7-8-12-17(16)22-25-27-28-26-22;;/h4-12,20,30H,2-3,13-14H2,1H3,(H,25,26,27,28);;/q;+1;-1. The van der Waals surface area contributed by atoms with Crippen LogP contribution in [0.1, 0.15) is 49.9 Å². The Morgan fingerprint density at radius 2 is 1.87 bits per heavy atom. The average Bonchev–Trinajstić information content (AvgIpc) is 3.42. The summed E-state index contributed by atoms with van der Waals surface area (Å²) in [4.78, 5) is 4.60. The van der Waals surface area contributed by atoms with Crippen LogP contribution >= 0.6 is 11.6 Å². The van der Waals surface area contributed by atoms with Crippen molar-refractivity contribution in [2.75, 3.05) is 0 Å². The first-order valence-electron chi connectivity index (χ1n) is 9.98. The number of aromatic nitrogens is 6. The maximum Gasteiger partial charge on any atom is 1.00 e. The molecule has 1 atom stereocenters. The molecule has 31 heavy (non-hydrogen) atoms. The molecule has 2 aromatic heterocycles. The third kappa shape index (κ3) is 5.17. The molecule has 0 saturated heterocycles. The average molecular weight is 463 g/mol. The van der Waals surface area contributed by atoms with Crippen molar-refractivity contribution in [3.63, 3.8) is 0 Å². The van der Waals surface area contributed by atoms with Crippen LogP contribution in [0.15, 0.2) is 54.6 Å². The quantitative estimate of drug-likeness (QED) is 0.385. The molecule has 0 aliphatic carbocycles. The van der Waals surface area contributed by atoms with Crippen LogP contribution in [-0.4, -0.2) is 35.3 Å². The molecule has 0 bridgehead atoms. The van der Waals surface area contributed by atoms with Gasteiger partial charge in [-0.05, 0) is 22.8 Å². The molecular formula is C22H24ClKN6O. The van der Waals surface area contributed by atoms with Gasteiger partial charge in [-0.3, -0.25) is 0 Å².